The van der Waals surface area contributed by atoms with E-state index >= 15 is 0 Å². The van der Waals surface area contributed by atoms with Crippen molar-refractivity contribution in [3.8, 4) is 11.1 Å². The molecule has 148 valence electrons. The predicted octanol–water partition coefficient (Wildman–Crippen LogP) is 5.47. The van der Waals surface area contributed by atoms with E-state index in [1.807, 2.05) is 42.5 Å². The minimum atomic E-state index is -1.24. The van der Waals surface area contributed by atoms with Crippen LogP contribution < -0.4 is 5.32 Å². The van der Waals surface area contributed by atoms with E-state index in [9.17, 15) is 18.4 Å². The van der Waals surface area contributed by atoms with Gasteiger partial charge in [0.25, 0.3) is 5.91 Å². The van der Waals surface area contributed by atoms with Crippen LogP contribution in [0.1, 0.15) is 17.3 Å². The first kappa shape index (κ1) is 20.5. The Bertz CT molecular complexity index is 1060. The Morgan fingerprint density at radius 2 is 1.59 bits per heavy atom. The van der Waals surface area contributed by atoms with Crippen LogP contribution >= 0.6 is 11.6 Å². The standard InChI is InChI=1S/C22H16ClF2NO3/c1-13(29-22(28)16-11-18(24)19(25)12-17(16)23)21(27)26-20-10-6-5-9-15(20)14-7-3-2-4-8-14/h2-13H,1H3,(H,26,27)/t13-/m0/s1. The highest BCUT2D eigenvalue weighted by molar-refractivity contribution is 6.33. The highest BCUT2D eigenvalue weighted by Gasteiger charge is 2.23. The highest BCUT2D eigenvalue weighted by atomic mass is 35.5. The summed E-state index contributed by atoms with van der Waals surface area (Å²) in [4.78, 5) is 24.7. The van der Waals surface area contributed by atoms with Crippen LogP contribution in [0.15, 0.2) is 66.7 Å². The lowest BCUT2D eigenvalue weighted by Gasteiger charge is -2.16. The molecule has 0 heterocycles. The van der Waals surface area contributed by atoms with Crippen molar-refractivity contribution in [1.29, 1.82) is 0 Å². The number of ether oxygens (including phenoxy) is 1. The van der Waals surface area contributed by atoms with Gasteiger partial charge in [-0.25, -0.2) is 13.6 Å². The maximum Gasteiger partial charge on any atom is 0.340 e. The number of carbonyl (C=O) groups is 2. The van der Waals surface area contributed by atoms with Gasteiger partial charge in [0, 0.05) is 11.3 Å². The number of carbonyl (C=O) groups excluding carboxylic acids is 2. The summed E-state index contributed by atoms with van der Waals surface area (Å²) in [5, 5.41) is 2.41. The van der Waals surface area contributed by atoms with Crippen molar-refractivity contribution in [3.05, 3.63) is 89.0 Å². The molecule has 0 saturated carbocycles. The molecule has 0 aliphatic heterocycles. The van der Waals surface area contributed by atoms with E-state index in [0.717, 1.165) is 11.1 Å². The van der Waals surface area contributed by atoms with Crippen molar-refractivity contribution in [1.82, 2.24) is 0 Å². The Hall–Kier alpha value is -3.25. The van der Waals surface area contributed by atoms with Crippen molar-refractivity contribution in [2.75, 3.05) is 5.32 Å². The molecule has 0 radical (unpaired) electrons. The second-order valence-corrected chi connectivity index (χ2v) is 6.60. The predicted molar refractivity (Wildman–Crippen MR) is 107 cm³/mol. The molecule has 0 aliphatic carbocycles. The van der Waals surface area contributed by atoms with Crippen molar-refractivity contribution < 1.29 is 23.1 Å². The van der Waals surface area contributed by atoms with E-state index in [0.29, 0.717) is 17.8 Å². The fourth-order valence-electron chi connectivity index (χ4n) is 2.65. The fourth-order valence-corrected chi connectivity index (χ4v) is 2.88. The first-order valence-electron chi connectivity index (χ1n) is 8.67. The third kappa shape index (κ3) is 4.78. The Labute approximate surface area is 171 Å². The molecule has 0 unspecified atom stereocenters. The average Bonchev–Trinajstić information content (AvgIpc) is 2.71. The van der Waals surface area contributed by atoms with Gasteiger partial charge in [-0.1, -0.05) is 60.1 Å². The first-order chi connectivity index (χ1) is 13.9. The monoisotopic (exact) mass is 415 g/mol. The molecule has 3 aromatic rings. The summed E-state index contributed by atoms with van der Waals surface area (Å²) in [5.41, 5.74) is 1.87. The Morgan fingerprint density at radius 1 is 0.966 bits per heavy atom. The number of hydrogen-bond donors (Lipinski definition) is 1. The topological polar surface area (TPSA) is 55.4 Å². The summed E-state index contributed by atoms with van der Waals surface area (Å²) in [7, 11) is 0. The van der Waals surface area contributed by atoms with Gasteiger partial charge in [-0.15, -0.1) is 0 Å². The summed E-state index contributed by atoms with van der Waals surface area (Å²) in [6, 6.07) is 17.9. The number of halogens is 3. The summed E-state index contributed by atoms with van der Waals surface area (Å²) in [5.74, 6) is -4.04. The number of para-hydroxylation sites is 1. The Balaban J connectivity index is 1.74. The highest BCUT2D eigenvalue weighted by Crippen LogP contribution is 2.28. The molecule has 3 aromatic carbocycles. The van der Waals surface area contributed by atoms with Crippen molar-refractivity contribution in [2.45, 2.75) is 13.0 Å². The van der Waals surface area contributed by atoms with Crippen LogP contribution in [-0.2, 0) is 9.53 Å². The summed E-state index contributed by atoms with van der Waals surface area (Å²) in [6.07, 6.45) is -1.20. The molecule has 1 atom stereocenters. The Morgan fingerprint density at radius 3 is 2.31 bits per heavy atom. The van der Waals surface area contributed by atoms with Crippen LogP contribution in [0.2, 0.25) is 5.02 Å². The fraction of sp³-hybridized carbons (Fsp3) is 0.0909. The summed E-state index contributed by atoms with van der Waals surface area (Å²) in [6.45, 7) is 1.37. The van der Waals surface area contributed by atoms with Crippen LogP contribution in [-0.4, -0.2) is 18.0 Å². The molecule has 4 nitrogen and oxygen atoms in total. The van der Waals surface area contributed by atoms with Gasteiger partial charge < -0.3 is 10.1 Å². The van der Waals surface area contributed by atoms with Gasteiger partial charge in [0.15, 0.2) is 17.7 Å². The lowest BCUT2D eigenvalue weighted by atomic mass is 10.0. The van der Waals surface area contributed by atoms with Gasteiger partial charge in [-0.2, -0.15) is 0 Å². The molecule has 0 saturated heterocycles. The zero-order valence-corrected chi connectivity index (χ0v) is 16.0. The number of esters is 1. The van der Waals surface area contributed by atoms with Gasteiger partial charge in [0.2, 0.25) is 0 Å². The zero-order valence-electron chi connectivity index (χ0n) is 15.3. The molecule has 0 fully saturated rings. The van der Waals surface area contributed by atoms with Crippen molar-refractivity contribution in [3.63, 3.8) is 0 Å². The zero-order chi connectivity index (χ0) is 21.0. The van der Waals surface area contributed by atoms with E-state index < -0.39 is 29.6 Å². The normalized spacial score (nSPS) is 11.6. The molecule has 0 spiro atoms. The Kier molecular flexibility index (Phi) is 6.24. The molecule has 3 rings (SSSR count). The number of anilines is 1. The molecular weight excluding hydrogens is 400 g/mol. The van der Waals surface area contributed by atoms with Gasteiger partial charge in [-0.3, -0.25) is 4.79 Å². The van der Waals surface area contributed by atoms with Crippen LogP contribution in [0.25, 0.3) is 11.1 Å². The second kappa shape index (κ2) is 8.84. The smallest absolute Gasteiger partial charge is 0.340 e. The third-order valence-corrected chi connectivity index (χ3v) is 4.47. The number of amides is 1. The lowest BCUT2D eigenvalue weighted by Crippen LogP contribution is -2.30. The molecular formula is C22H16ClF2NO3. The van der Waals surface area contributed by atoms with Gasteiger partial charge >= 0.3 is 5.97 Å². The van der Waals surface area contributed by atoms with Crippen molar-refractivity contribution >= 4 is 29.2 Å². The van der Waals surface area contributed by atoms with Gasteiger partial charge in [0.1, 0.15) is 0 Å². The summed E-state index contributed by atoms with van der Waals surface area (Å²) >= 11 is 5.77. The summed E-state index contributed by atoms with van der Waals surface area (Å²) < 4.78 is 31.6. The molecule has 0 aliphatic rings. The quantitative estimate of drug-likeness (QED) is 0.444. The molecule has 29 heavy (non-hydrogen) atoms. The average molecular weight is 416 g/mol. The minimum Gasteiger partial charge on any atom is -0.449 e. The van der Waals surface area contributed by atoms with E-state index in [-0.39, 0.29) is 10.6 Å². The first-order valence-corrected chi connectivity index (χ1v) is 9.05. The van der Waals surface area contributed by atoms with Crippen LogP contribution in [0.4, 0.5) is 14.5 Å². The molecule has 0 bridgehead atoms. The third-order valence-electron chi connectivity index (χ3n) is 4.15. The molecule has 0 aromatic heterocycles. The molecule has 1 N–H and O–H groups in total. The minimum absolute atomic E-state index is 0.309. The maximum absolute atomic E-state index is 13.4. The lowest BCUT2D eigenvalue weighted by molar-refractivity contribution is -0.123. The van der Waals surface area contributed by atoms with Crippen molar-refractivity contribution in [2.24, 2.45) is 0 Å². The van der Waals surface area contributed by atoms with E-state index in [4.69, 9.17) is 16.3 Å². The number of benzene rings is 3. The van der Waals surface area contributed by atoms with Gasteiger partial charge in [0.05, 0.1) is 10.6 Å². The van der Waals surface area contributed by atoms with Crippen LogP contribution in [0, 0.1) is 11.6 Å². The van der Waals surface area contributed by atoms with E-state index in [1.54, 1.807) is 12.1 Å². The second-order valence-electron chi connectivity index (χ2n) is 6.19. The van der Waals surface area contributed by atoms with Gasteiger partial charge in [-0.05, 0) is 30.7 Å². The van der Waals surface area contributed by atoms with Crippen LogP contribution in [0.5, 0.6) is 0 Å². The molecule has 7 heteroatoms. The number of hydrogen-bond acceptors (Lipinski definition) is 3. The number of rotatable bonds is 5. The largest absolute Gasteiger partial charge is 0.449 e. The molecule has 1 amide bonds. The van der Waals surface area contributed by atoms with E-state index in [2.05, 4.69) is 5.32 Å². The van der Waals surface area contributed by atoms with E-state index in [1.165, 1.54) is 6.92 Å². The van der Waals surface area contributed by atoms with Crippen LogP contribution in [0.3, 0.4) is 0 Å². The SMILES string of the molecule is C[C@H](OC(=O)c1cc(F)c(F)cc1Cl)C(=O)Nc1ccccc1-c1ccccc1. The number of nitrogens with one attached hydrogen (secondary N) is 1. The maximum atomic E-state index is 13.4.